The second-order valence-corrected chi connectivity index (χ2v) is 3.62. The van der Waals surface area contributed by atoms with Crippen molar-refractivity contribution in [1.82, 2.24) is 0 Å². The van der Waals surface area contributed by atoms with Gasteiger partial charge in [0, 0.05) is 0 Å². The monoisotopic (exact) mass is 223 g/mol. The van der Waals surface area contributed by atoms with Crippen LogP contribution in [0.2, 0.25) is 5.02 Å². The highest BCUT2D eigenvalue weighted by atomic mass is 35.5. The molecule has 0 heterocycles. The van der Waals surface area contributed by atoms with E-state index in [1.807, 2.05) is 0 Å². The van der Waals surface area contributed by atoms with Crippen LogP contribution in [0.4, 0.5) is 13.2 Å². The van der Waals surface area contributed by atoms with Crippen LogP contribution in [-0.2, 0) is 5.54 Å². The topological polar surface area (TPSA) is 26.0 Å². The number of rotatable bonds is 2. The van der Waals surface area contributed by atoms with Crippen LogP contribution >= 0.6 is 11.6 Å². The Hall–Kier alpha value is -0.740. The molecule has 1 aromatic carbocycles. The largest absolute Gasteiger partial charge is 0.317 e. The second kappa shape index (κ2) is 3.79. The van der Waals surface area contributed by atoms with Crippen LogP contribution < -0.4 is 5.73 Å². The van der Waals surface area contributed by atoms with Crippen molar-refractivity contribution in [2.45, 2.75) is 18.9 Å². The van der Waals surface area contributed by atoms with Crippen LogP contribution in [0.15, 0.2) is 18.2 Å². The summed E-state index contributed by atoms with van der Waals surface area (Å²) in [5.74, 6) is -0.652. The minimum Gasteiger partial charge on any atom is -0.317 e. The summed E-state index contributed by atoms with van der Waals surface area (Å²) in [6, 6.07) is 3.33. The summed E-state index contributed by atoms with van der Waals surface area (Å²) in [5, 5.41) is -0.208. The van der Waals surface area contributed by atoms with Crippen molar-refractivity contribution < 1.29 is 13.2 Å². The molecule has 1 rings (SSSR count). The maximum atomic E-state index is 12.7. The Morgan fingerprint density at radius 3 is 2.43 bits per heavy atom. The van der Waals surface area contributed by atoms with Crippen LogP contribution in [0.5, 0.6) is 0 Å². The number of alkyl halides is 2. The molecule has 2 N–H and O–H groups in total. The number of halogens is 4. The molecule has 0 saturated heterocycles. The number of hydrogen-bond acceptors (Lipinski definition) is 1. The fourth-order valence-electron chi connectivity index (χ4n) is 0.957. The first-order valence-electron chi connectivity index (χ1n) is 3.88. The predicted molar refractivity (Wildman–Crippen MR) is 49.0 cm³/mol. The third-order valence-electron chi connectivity index (χ3n) is 1.99. The molecule has 0 aliphatic rings. The van der Waals surface area contributed by atoms with E-state index in [0.717, 1.165) is 12.1 Å². The van der Waals surface area contributed by atoms with Gasteiger partial charge in [0.15, 0.2) is 0 Å². The molecule has 0 aromatic heterocycles. The molecule has 0 spiro atoms. The van der Waals surface area contributed by atoms with Gasteiger partial charge < -0.3 is 5.73 Å². The Balaban J connectivity index is 3.14. The van der Waals surface area contributed by atoms with Crippen molar-refractivity contribution in [3.8, 4) is 0 Å². The van der Waals surface area contributed by atoms with Crippen LogP contribution in [0.3, 0.4) is 0 Å². The summed E-state index contributed by atoms with van der Waals surface area (Å²) in [7, 11) is 0. The van der Waals surface area contributed by atoms with Crippen LogP contribution in [0, 0.1) is 5.82 Å². The molecule has 0 bridgehead atoms. The lowest BCUT2D eigenvalue weighted by atomic mass is 9.94. The van der Waals surface area contributed by atoms with E-state index in [0.29, 0.717) is 0 Å². The minimum absolute atomic E-state index is 0.110. The molecule has 0 amide bonds. The normalized spacial score (nSPS) is 15.6. The van der Waals surface area contributed by atoms with E-state index in [4.69, 9.17) is 17.3 Å². The number of hydrogen-bond donors (Lipinski definition) is 1. The van der Waals surface area contributed by atoms with Crippen molar-refractivity contribution in [1.29, 1.82) is 0 Å². The van der Waals surface area contributed by atoms with Gasteiger partial charge in [0.2, 0.25) is 0 Å². The first-order valence-corrected chi connectivity index (χ1v) is 4.26. The predicted octanol–water partition coefficient (Wildman–Crippen LogP) is 2.92. The highest BCUT2D eigenvalue weighted by Gasteiger charge is 2.32. The maximum Gasteiger partial charge on any atom is 0.260 e. The van der Waals surface area contributed by atoms with E-state index in [1.165, 1.54) is 13.0 Å². The standard InChI is InChI=1S/C9H9ClF3N/c1-9(14,8(12)13)5-2-3-7(11)6(10)4-5/h2-4,8H,14H2,1H3. The summed E-state index contributed by atoms with van der Waals surface area (Å²) in [5.41, 5.74) is 3.67. The molecular formula is C9H9ClF3N. The van der Waals surface area contributed by atoms with Crippen molar-refractivity contribution in [2.24, 2.45) is 5.73 Å². The van der Waals surface area contributed by atoms with Gasteiger partial charge in [-0.3, -0.25) is 0 Å². The fourth-order valence-corrected chi connectivity index (χ4v) is 1.14. The van der Waals surface area contributed by atoms with Crippen molar-refractivity contribution in [3.05, 3.63) is 34.6 Å². The van der Waals surface area contributed by atoms with E-state index in [-0.39, 0.29) is 10.6 Å². The minimum atomic E-state index is -2.73. The molecule has 1 unspecified atom stereocenters. The zero-order chi connectivity index (χ0) is 10.9. The lowest BCUT2D eigenvalue weighted by molar-refractivity contribution is 0.0625. The molecule has 0 aliphatic carbocycles. The Kier molecular flexibility index (Phi) is 3.07. The molecule has 0 fully saturated rings. The fraction of sp³-hybridized carbons (Fsp3) is 0.333. The zero-order valence-corrected chi connectivity index (χ0v) is 8.15. The third-order valence-corrected chi connectivity index (χ3v) is 2.28. The average molecular weight is 224 g/mol. The molecule has 78 valence electrons. The maximum absolute atomic E-state index is 12.7. The molecule has 1 atom stereocenters. The lowest BCUT2D eigenvalue weighted by Gasteiger charge is -2.24. The van der Waals surface area contributed by atoms with E-state index < -0.39 is 17.8 Å². The molecule has 0 radical (unpaired) electrons. The van der Waals surface area contributed by atoms with Gasteiger partial charge >= 0.3 is 0 Å². The summed E-state index contributed by atoms with van der Waals surface area (Å²) >= 11 is 5.45. The van der Waals surface area contributed by atoms with Crippen LogP contribution in [0.1, 0.15) is 12.5 Å². The highest BCUT2D eigenvalue weighted by Crippen LogP contribution is 2.28. The Bertz CT molecular complexity index is 339. The van der Waals surface area contributed by atoms with Gasteiger partial charge in [0.05, 0.1) is 10.6 Å². The molecule has 1 aromatic rings. The summed E-state index contributed by atoms with van der Waals surface area (Å²) < 4.78 is 37.7. The first-order chi connectivity index (χ1) is 6.35. The molecule has 0 saturated carbocycles. The molecule has 5 heteroatoms. The van der Waals surface area contributed by atoms with E-state index in [1.54, 1.807) is 0 Å². The van der Waals surface area contributed by atoms with E-state index >= 15 is 0 Å². The Labute approximate surface area is 84.7 Å². The Morgan fingerprint density at radius 2 is 2.00 bits per heavy atom. The van der Waals surface area contributed by atoms with E-state index in [9.17, 15) is 13.2 Å². The smallest absolute Gasteiger partial charge is 0.260 e. The molecule has 1 nitrogen and oxygen atoms in total. The lowest BCUT2D eigenvalue weighted by Crippen LogP contribution is -2.40. The van der Waals surface area contributed by atoms with Crippen molar-refractivity contribution in [2.75, 3.05) is 0 Å². The Morgan fingerprint density at radius 1 is 1.43 bits per heavy atom. The van der Waals surface area contributed by atoms with E-state index in [2.05, 4.69) is 0 Å². The quantitative estimate of drug-likeness (QED) is 0.820. The van der Waals surface area contributed by atoms with Gasteiger partial charge in [-0.1, -0.05) is 17.7 Å². The third kappa shape index (κ3) is 2.01. The summed E-state index contributed by atoms with van der Waals surface area (Å²) in [6.45, 7) is 1.17. The van der Waals surface area contributed by atoms with Crippen LogP contribution in [-0.4, -0.2) is 6.43 Å². The van der Waals surface area contributed by atoms with Gasteiger partial charge in [-0.25, -0.2) is 13.2 Å². The van der Waals surface area contributed by atoms with Crippen molar-refractivity contribution in [3.63, 3.8) is 0 Å². The SMILES string of the molecule is CC(N)(c1ccc(F)c(Cl)c1)C(F)F. The number of benzene rings is 1. The van der Waals surface area contributed by atoms with Gasteiger partial charge in [0.25, 0.3) is 6.43 Å². The van der Waals surface area contributed by atoms with Gasteiger partial charge in [-0.15, -0.1) is 0 Å². The molecule has 0 aliphatic heterocycles. The van der Waals surface area contributed by atoms with Crippen LogP contribution in [0.25, 0.3) is 0 Å². The first kappa shape index (κ1) is 11.3. The highest BCUT2D eigenvalue weighted by molar-refractivity contribution is 6.30. The van der Waals surface area contributed by atoms with Gasteiger partial charge in [-0.2, -0.15) is 0 Å². The number of nitrogens with two attached hydrogens (primary N) is 1. The second-order valence-electron chi connectivity index (χ2n) is 3.21. The van der Waals surface area contributed by atoms with Crippen molar-refractivity contribution >= 4 is 11.6 Å². The van der Waals surface area contributed by atoms with Gasteiger partial charge in [-0.05, 0) is 24.6 Å². The zero-order valence-electron chi connectivity index (χ0n) is 7.40. The molecular weight excluding hydrogens is 215 g/mol. The van der Waals surface area contributed by atoms with Gasteiger partial charge in [0.1, 0.15) is 5.82 Å². The summed E-state index contributed by atoms with van der Waals surface area (Å²) in [4.78, 5) is 0. The average Bonchev–Trinajstić information content (AvgIpc) is 2.09. The summed E-state index contributed by atoms with van der Waals surface area (Å²) in [6.07, 6.45) is -2.73. The molecule has 14 heavy (non-hydrogen) atoms.